The molecule has 6 nitrogen and oxygen atoms in total. The Bertz CT molecular complexity index is 965. The highest BCUT2D eigenvalue weighted by Gasteiger charge is 2.12. The molecular formula is C17H17N3O3S2. The molecule has 0 bridgehead atoms. The van der Waals surface area contributed by atoms with Crippen molar-refractivity contribution in [2.75, 3.05) is 12.9 Å². The third-order valence-corrected chi connectivity index (χ3v) is 5.50. The maximum absolute atomic E-state index is 12.2. The molecule has 0 aliphatic rings. The minimum absolute atomic E-state index is 0.0943. The molecule has 1 N–H and O–H groups in total. The number of ether oxygens (including phenoxy) is 1. The van der Waals surface area contributed by atoms with Gasteiger partial charge in [0.25, 0.3) is 5.56 Å². The van der Waals surface area contributed by atoms with Gasteiger partial charge in [-0.15, -0.1) is 11.3 Å². The second kappa shape index (κ2) is 7.71. The fourth-order valence-corrected chi connectivity index (χ4v) is 3.94. The monoisotopic (exact) mass is 375 g/mol. The third kappa shape index (κ3) is 3.85. The second-order valence-electron chi connectivity index (χ2n) is 5.28. The minimum Gasteiger partial charge on any atom is -0.496 e. The summed E-state index contributed by atoms with van der Waals surface area (Å²) in [5.41, 5.74) is 0.817. The predicted octanol–water partition coefficient (Wildman–Crippen LogP) is 2.41. The van der Waals surface area contributed by atoms with E-state index in [2.05, 4.69) is 10.3 Å². The lowest BCUT2D eigenvalue weighted by molar-refractivity contribution is -0.118. The highest BCUT2D eigenvalue weighted by Crippen LogP contribution is 2.20. The van der Waals surface area contributed by atoms with Gasteiger partial charge >= 0.3 is 0 Å². The number of nitrogens with zero attached hydrogens (tertiary/aromatic N) is 2. The first-order chi connectivity index (χ1) is 12.1. The first-order valence-electron chi connectivity index (χ1n) is 7.55. The SMILES string of the molecule is COc1ccccc1CNC(=O)CSc1nc2sccc2c(=O)n1C. The van der Waals surface area contributed by atoms with Crippen LogP contribution in [0.25, 0.3) is 10.2 Å². The molecule has 0 aliphatic heterocycles. The standard InChI is InChI=1S/C17H17N3O3S2/c1-20-16(22)12-7-8-24-15(12)19-17(20)25-10-14(21)18-9-11-5-3-4-6-13(11)23-2/h3-8H,9-10H2,1-2H3,(H,18,21). The van der Waals surface area contributed by atoms with Crippen molar-refractivity contribution in [1.29, 1.82) is 0 Å². The Kier molecular flexibility index (Phi) is 5.40. The summed E-state index contributed by atoms with van der Waals surface area (Å²) in [5, 5.41) is 5.84. The van der Waals surface area contributed by atoms with E-state index in [9.17, 15) is 9.59 Å². The number of rotatable bonds is 6. The Morgan fingerprint density at radius 3 is 2.96 bits per heavy atom. The summed E-state index contributed by atoms with van der Waals surface area (Å²) in [4.78, 5) is 29.5. The molecule has 130 valence electrons. The van der Waals surface area contributed by atoms with E-state index >= 15 is 0 Å². The van der Waals surface area contributed by atoms with Crippen molar-refractivity contribution in [2.45, 2.75) is 11.7 Å². The van der Waals surface area contributed by atoms with E-state index in [-0.39, 0.29) is 17.2 Å². The largest absolute Gasteiger partial charge is 0.496 e. The highest BCUT2D eigenvalue weighted by atomic mass is 32.2. The van der Waals surface area contributed by atoms with Gasteiger partial charge in [0.05, 0.1) is 18.2 Å². The first-order valence-corrected chi connectivity index (χ1v) is 9.42. The van der Waals surface area contributed by atoms with Crippen LogP contribution in [-0.4, -0.2) is 28.3 Å². The lowest BCUT2D eigenvalue weighted by atomic mass is 10.2. The van der Waals surface area contributed by atoms with Crippen LogP contribution in [0.3, 0.4) is 0 Å². The zero-order chi connectivity index (χ0) is 17.8. The van der Waals surface area contributed by atoms with Gasteiger partial charge in [-0.2, -0.15) is 0 Å². The van der Waals surface area contributed by atoms with E-state index in [1.54, 1.807) is 20.2 Å². The van der Waals surface area contributed by atoms with Crippen LogP contribution in [0.15, 0.2) is 45.7 Å². The molecule has 8 heteroatoms. The summed E-state index contributed by atoms with van der Waals surface area (Å²) in [6, 6.07) is 9.31. The van der Waals surface area contributed by atoms with Crippen LogP contribution < -0.4 is 15.6 Å². The molecule has 1 amide bonds. The van der Waals surface area contributed by atoms with Crippen LogP contribution in [0.4, 0.5) is 0 Å². The molecule has 2 heterocycles. The van der Waals surface area contributed by atoms with E-state index in [4.69, 9.17) is 4.74 Å². The average molecular weight is 375 g/mol. The van der Waals surface area contributed by atoms with Gasteiger partial charge in [0, 0.05) is 19.2 Å². The number of aromatic nitrogens is 2. The van der Waals surface area contributed by atoms with Crippen LogP contribution >= 0.6 is 23.1 Å². The minimum atomic E-state index is -0.128. The fraction of sp³-hybridized carbons (Fsp3) is 0.235. The maximum Gasteiger partial charge on any atom is 0.262 e. The zero-order valence-electron chi connectivity index (χ0n) is 13.8. The van der Waals surface area contributed by atoms with Crippen molar-refractivity contribution in [3.8, 4) is 5.75 Å². The van der Waals surface area contributed by atoms with Crippen LogP contribution in [0.2, 0.25) is 0 Å². The summed E-state index contributed by atoms with van der Waals surface area (Å²) < 4.78 is 6.75. The summed E-state index contributed by atoms with van der Waals surface area (Å²) >= 11 is 2.67. The van der Waals surface area contributed by atoms with Crippen molar-refractivity contribution in [3.05, 3.63) is 51.6 Å². The molecule has 0 aliphatic carbocycles. The van der Waals surface area contributed by atoms with Gasteiger partial charge in [-0.25, -0.2) is 4.98 Å². The van der Waals surface area contributed by atoms with E-state index < -0.39 is 0 Å². The molecule has 0 spiro atoms. The number of carbonyl (C=O) groups is 1. The number of thioether (sulfide) groups is 1. The van der Waals surface area contributed by atoms with E-state index in [0.717, 1.165) is 11.3 Å². The zero-order valence-corrected chi connectivity index (χ0v) is 15.4. The number of fused-ring (bicyclic) bond motifs is 1. The van der Waals surface area contributed by atoms with Crippen molar-refractivity contribution in [2.24, 2.45) is 7.05 Å². The first kappa shape index (κ1) is 17.5. The molecule has 0 atom stereocenters. The summed E-state index contributed by atoms with van der Waals surface area (Å²) in [5.74, 6) is 0.797. The molecule has 3 aromatic rings. The average Bonchev–Trinajstić information content (AvgIpc) is 3.10. The maximum atomic E-state index is 12.2. The number of hydrogen-bond acceptors (Lipinski definition) is 6. The van der Waals surface area contributed by atoms with Crippen LogP contribution in [0, 0.1) is 0 Å². The number of nitrogens with one attached hydrogen (secondary N) is 1. The molecule has 25 heavy (non-hydrogen) atoms. The van der Waals surface area contributed by atoms with E-state index in [1.165, 1.54) is 27.7 Å². The Balaban J connectivity index is 1.63. The topological polar surface area (TPSA) is 73.2 Å². The third-order valence-electron chi connectivity index (χ3n) is 3.66. The molecule has 0 unspecified atom stereocenters. The molecule has 0 saturated carbocycles. The van der Waals surface area contributed by atoms with Gasteiger partial charge in [0.1, 0.15) is 10.6 Å². The quantitative estimate of drug-likeness (QED) is 0.529. The number of thiophene rings is 1. The van der Waals surface area contributed by atoms with Gasteiger partial charge < -0.3 is 10.1 Å². The molecule has 3 rings (SSSR count). The van der Waals surface area contributed by atoms with Gasteiger partial charge in [0.15, 0.2) is 5.16 Å². The van der Waals surface area contributed by atoms with Crippen molar-refractivity contribution >= 4 is 39.2 Å². The van der Waals surface area contributed by atoms with E-state index in [1.807, 2.05) is 29.6 Å². The van der Waals surface area contributed by atoms with E-state index in [0.29, 0.717) is 21.9 Å². The predicted molar refractivity (Wildman–Crippen MR) is 100 cm³/mol. The van der Waals surface area contributed by atoms with Crippen LogP contribution in [-0.2, 0) is 18.4 Å². The van der Waals surface area contributed by atoms with Gasteiger partial charge in [-0.3, -0.25) is 14.2 Å². The second-order valence-corrected chi connectivity index (χ2v) is 7.11. The van der Waals surface area contributed by atoms with Crippen molar-refractivity contribution in [3.63, 3.8) is 0 Å². The molecule has 2 aromatic heterocycles. The number of carbonyl (C=O) groups excluding carboxylic acids is 1. The van der Waals surface area contributed by atoms with Gasteiger partial charge in [0.2, 0.25) is 5.91 Å². The van der Waals surface area contributed by atoms with Crippen molar-refractivity contribution in [1.82, 2.24) is 14.9 Å². The summed E-state index contributed by atoms with van der Waals surface area (Å²) in [7, 11) is 3.27. The van der Waals surface area contributed by atoms with Crippen molar-refractivity contribution < 1.29 is 9.53 Å². The highest BCUT2D eigenvalue weighted by molar-refractivity contribution is 7.99. The Morgan fingerprint density at radius 1 is 1.36 bits per heavy atom. The van der Waals surface area contributed by atoms with Gasteiger partial charge in [-0.1, -0.05) is 30.0 Å². The fourth-order valence-electron chi connectivity index (χ4n) is 2.33. The molecule has 0 fully saturated rings. The molecule has 1 aromatic carbocycles. The van der Waals surface area contributed by atoms with Crippen LogP contribution in [0.5, 0.6) is 5.75 Å². The Labute approximate surface area is 152 Å². The number of hydrogen-bond donors (Lipinski definition) is 1. The molecule has 0 radical (unpaired) electrons. The number of para-hydroxylation sites is 1. The number of amides is 1. The Hall–Kier alpha value is -2.32. The Morgan fingerprint density at radius 2 is 2.16 bits per heavy atom. The molecule has 0 saturated heterocycles. The summed E-state index contributed by atoms with van der Waals surface area (Å²) in [6.07, 6.45) is 0. The van der Waals surface area contributed by atoms with Crippen LogP contribution in [0.1, 0.15) is 5.56 Å². The van der Waals surface area contributed by atoms with Gasteiger partial charge in [-0.05, 0) is 17.5 Å². The number of methoxy groups -OCH3 is 1. The number of benzene rings is 1. The lowest BCUT2D eigenvalue weighted by Gasteiger charge is -2.10. The summed E-state index contributed by atoms with van der Waals surface area (Å²) in [6.45, 7) is 0.389. The lowest BCUT2D eigenvalue weighted by Crippen LogP contribution is -2.26. The molecular weight excluding hydrogens is 358 g/mol. The smallest absolute Gasteiger partial charge is 0.262 e. The normalized spacial score (nSPS) is 10.8.